The van der Waals surface area contributed by atoms with E-state index in [4.69, 9.17) is 59.1 Å². The maximum atomic E-state index is 6.06. The zero-order valence-corrected chi connectivity index (χ0v) is 41.7. The van der Waals surface area contributed by atoms with Crippen molar-refractivity contribution in [2.24, 2.45) is 0 Å². The molecule has 1 fully saturated rings. The highest BCUT2D eigenvalue weighted by Gasteiger charge is 2.51. The van der Waals surface area contributed by atoms with Gasteiger partial charge in [0.2, 0.25) is 15.9 Å². The summed E-state index contributed by atoms with van der Waals surface area (Å²) in [6.07, 6.45) is 14.4. The summed E-state index contributed by atoms with van der Waals surface area (Å²) >= 11 is 16.0. The molecule has 0 radical (unpaired) electrons. The van der Waals surface area contributed by atoms with Gasteiger partial charge in [-0.15, -0.1) is 0 Å². The molecule has 4 aromatic carbocycles. The van der Waals surface area contributed by atoms with E-state index in [1.165, 1.54) is 0 Å². The Hall–Kier alpha value is -7.65. The van der Waals surface area contributed by atoms with Crippen molar-refractivity contribution in [2.75, 3.05) is 0 Å². The average molecular weight is 1010 g/mol. The fraction of sp³-hybridized carbons (Fsp3) is 0.107. The summed E-state index contributed by atoms with van der Waals surface area (Å²) < 4.78 is 12.1. The monoisotopic (exact) mass is 1000 g/mol. The predicted octanol–water partition coefficient (Wildman–Crippen LogP) is 12.9. The van der Waals surface area contributed by atoms with Crippen molar-refractivity contribution in [3.05, 3.63) is 211 Å². The number of benzene rings is 4. The third-order valence-corrected chi connectivity index (χ3v) is 12.6. The first kappa shape index (κ1) is 49.3. The van der Waals surface area contributed by atoms with Crippen molar-refractivity contribution in [2.45, 2.75) is 38.9 Å². The Morgan fingerprint density at radius 1 is 0.292 bits per heavy atom. The van der Waals surface area contributed by atoms with Crippen molar-refractivity contribution in [3.8, 4) is 78.7 Å². The van der Waals surface area contributed by atoms with Crippen LogP contribution in [0.4, 0.5) is 0 Å². The van der Waals surface area contributed by atoms with Gasteiger partial charge in [0.25, 0.3) is 0 Å². The van der Waals surface area contributed by atoms with Crippen LogP contribution in [0.1, 0.15) is 27.7 Å². The fourth-order valence-corrected chi connectivity index (χ4v) is 8.10. The molecule has 10 aromatic rings. The van der Waals surface area contributed by atoms with E-state index >= 15 is 0 Å². The lowest BCUT2D eigenvalue weighted by Crippen LogP contribution is -2.41. The summed E-state index contributed by atoms with van der Waals surface area (Å²) in [4.78, 5) is 41.6. The lowest BCUT2D eigenvalue weighted by molar-refractivity contribution is 0.00578. The second kappa shape index (κ2) is 22.2. The summed E-state index contributed by atoms with van der Waals surface area (Å²) in [7, 11) is -0.304. The van der Waals surface area contributed by atoms with Crippen LogP contribution in [0.2, 0.25) is 15.9 Å². The van der Waals surface area contributed by atoms with Gasteiger partial charge in [-0.05, 0) is 161 Å². The first-order valence-electron chi connectivity index (χ1n) is 22.7. The predicted molar refractivity (Wildman–Crippen MR) is 286 cm³/mol. The van der Waals surface area contributed by atoms with Gasteiger partial charge in [0, 0.05) is 66.3 Å². The molecule has 7 heterocycles. The molecule has 354 valence electrons. The van der Waals surface area contributed by atoms with Crippen molar-refractivity contribution < 1.29 is 9.31 Å². The van der Waals surface area contributed by atoms with Crippen molar-refractivity contribution >= 4 is 47.4 Å². The van der Waals surface area contributed by atoms with Crippen LogP contribution in [0, 0.1) is 0 Å². The van der Waals surface area contributed by atoms with Gasteiger partial charge in [-0.3, -0.25) is 19.9 Å². The molecule has 12 nitrogen and oxygen atoms in total. The molecule has 0 unspecified atom stereocenters. The average Bonchev–Trinajstić information content (AvgIpc) is 3.64. The number of rotatable bonds is 8. The molecule has 0 atom stereocenters. The normalized spacial score (nSPS) is 13.3. The second-order valence-electron chi connectivity index (χ2n) is 17.3. The standard InChI is InChI=1S/C36H24N6.C17H20BNO2.C3Cl3N3/c1-7-31(8-2-25(1)28-13-19-37-20-14-28)34-40-35(32-9-3-26(4-10-32)29-15-21-38-22-16-29)42-36(41-34)33-11-5-27(6-12-33)30-17-23-39-24-18-30;1-16(2)17(3,4)21-18(20-16)15-7-5-13(6-8-15)14-9-11-19-12-10-14;4-1-7-2(5)9-3(6)8-1/h1-24H;5-12H,1-4H3;. The number of halogens is 3. The Labute approximate surface area is 432 Å². The van der Waals surface area contributed by atoms with Crippen molar-refractivity contribution in [3.63, 3.8) is 0 Å². The minimum absolute atomic E-state index is 0.000000000000000444. The zero-order valence-electron chi connectivity index (χ0n) is 39.5. The van der Waals surface area contributed by atoms with Gasteiger partial charge in [-0.2, -0.15) is 15.0 Å². The molecule has 1 aliphatic rings. The first-order valence-corrected chi connectivity index (χ1v) is 23.9. The Kier molecular flexibility index (Phi) is 15.2. The molecule has 0 bridgehead atoms. The molecule has 1 aliphatic heterocycles. The Morgan fingerprint density at radius 2 is 0.500 bits per heavy atom. The maximum Gasteiger partial charge on any atom is 0.494 e. The van der Waals surface area contributed by atoms with Gasteiger partial charge in [0.15, 0.2) is 17.5 Å². The molecule has 16 heteroatoms. The topological polar surface area (TPSA) is 147 Å². The minimum atomic E-state index is -0.304. The van der Waals surface area contributed by atoms with Gasteiger partial charge in [-0.1, -0.05) is 97.1 Å². The van der Waals surface area contributed by atoms with Gasteiger partial charge in [-0.25, -0.2) is 15.0 Å². The fourth-order valence-electron chi connectivity index (χ4n) is 7.49. The Bertz CT molecular complexity index is 3060. The largest absolute Gasteiger partial charge is 0.494 e. The molecule has 11 rings (SSSR count). The molecule has 0 amide bonds. The number of nitrogens with zero attached hydrogens (tertiary/aromatic N) is 10. The molecule has 0 saturated carbocycles. The van der Waals surface area contributed by atoms with Crippen LogP contribution in [-0.4, -0.2) is 68.2 Å². The van der Waals surface area contributed by atoms with E-state index in [0.717, 1.165) is 66.7 Å². The SMILES string of the molecule is CC1(C)OB(c2ccc(-c3ccncc3)cc2)OC1(C)C.Clc1nc(Cl)nc(Cl)n1.c1cc(-c2ccc(-c3nc(-c4ccc(-c5ccncc5)cc4)nc(-c4ccc(-c5ccncc5)cc4)n3)cc2)ccn1. The van der Waals surface area contributed by atoms with E-state index in [1.807, 2.05) is 48.5 Å². The van der Waals surface area contributed by atoms with Crippen molar-refractivity contribution in [1.29, 1.82) is 0 Å². The zero-order chi connectivity index (χ0) is 50.1. The molecular weight excluding hydrogens is 962 g/mol. The first-order chi connectivity index (χ1) is 34.9. The number of hydrogen-bond donors (Lipinski definition) is 0. The van der Waals surface area contributed by atoms with Crippen LogP contribution in [0.15, 0.2) is 195 Å². The summed E-state index contributed by atoms with van der Waals surface area (Å²) in [6.45, 7) is 8.27. The van der Waals surface area contributed by atoms with Crippen LogP contribution < -0.4 is 5.46 Å². The Morgan fingerprint density at radius 3 is 0.750 bits per heavy atom. The van der Waals surface area contributed by atoms with E-state index < -0.39 is 0 Å². The molecule has 0 N–H and O–H groups in total. The summed E-state index contributed by atoms with van der Waals surface area (Å²) in [5, 5.41) is 0.00000000000000178. The van der Waals surface area contributed by atoms with Gasteiger partial charge in [0.1, 0.15) is 0 Å². The molecular formula is C56H44BCl3N10O2. The van der Waals surface area contributed by atoms with Crippen LogP contribution in [0.5, 0.6) is 0 Å². The van der Waals surface area contributed by atoms with E-state index in [0.29, 0.717) is 17.5 Å². The van der Waals surface area contributed by atoms with Crippen molar-refractivity contribution in [1.82, 2.24) is 49.8 Å². The molecule has 1 saturated heterocycles. The van der Waals surface area contributed by atoms with Gasteiger partial charge >= 0.3 is 7.12 Å². The minimum Gasteiger partial charge on any atom is -0.399 e. The van der Waals surface area contributed by atoms with Crippen LogP contribution in [0.3, 0.4) is 0 Å². The highest BCUT2D eigenvalue weighted by molar-refractivity contribution is 6.62. The Balaban J connectivity index is 0.000000176. The second-order valence-corrected chi connectivity index (χ2v) is 18.3. The summed E-state index contributed by atoms with van der Waals surface area (Å²) in [5.74, 6) is 1.85. The van der Waals surface area contributed by atoms with Gasteiger partial charge in [0.05, 0.1) is 11.2 Å². The summed E-state index contributed by atoms with van der Waals surface area (Å²) in [6, 6.07) is 49.1. The third-order valence-electron chi connectivity index (χ3n) is 12.1. The number of aromatic nitrogens is 10. The van der Waals surface area contributed by atoms with E-state index in [9.17, 15) is 0 Å². The number of hydrogen-bond acceptors (Lipinski definition) is 12. The van der Waals surface area contributed by atoms with E-state index in [2.05, 4.69) is 160 Å². The molecule has 0 spiro atoms. The highest BCUT2D eigenvalue weighted by Crippen LogP contribution is 2.37. The molecule has 6 aromatic heterocycles. The summed E-state index contributed by atoms with van der Waals surface area (Å²) in [5.41, 5.74) is 12.2. The van der Waals surface area contributed by atoms with Crippen LogP contribution in [0.25, 0.3) is 78.7 Å². The van der Waals surface area contributed by atoms with E-state index in [1.54, 1.807) is 49.6 Å². The smallest absolute Gasteiger partial charge is 0.399 e. The van der Waals surface area contributed by atoms with Gasteiger partial charge < -0.3 is 9.31 Å². The van der Waals surface area contributed by atoms with Crippen LogP contribution in [-0.2, 0) is 9.31 Å². The third kappa shape index (κ3) is 12.1. The molecule has 0 aliphatic carbocycles. The lowest BCUT2D eigenvalue weighted by atomic mass is 9.78. The highest BCUT2D eigenvalue weighted by atomic mass is 35.5. The van der Waals surface area contributed by atoms with Crippen LogP contribution >= 0.6 is 34.8 Å². The van der Waals surface area contributed by atoms with E-state index in [-0.39, 0.29) is 34.2 Å². The quantitative estimate of drug-likeness (QED) is 0.133. The lowest BCUT2D eigenvalue weighted by Gasteiger charge is -2.32. The maximum absolute atomic E-state index is 6.06. The molecule has 72 heavy (non-hydrogen) atoms. The number of pyridine rings is 4.